The summed E-state index contributed by atoms with van der Waals surface area (Å²) >= 11 is 5.01. The van der Waals surface area contributed by atoms with Crippen LogP contribution in [0.15, 0.2) is 39.2 Å². The van der Waals surface area contributed by atoms with E-state index in [1.165, 1.54) is 0 Å². The maximum Gasteiger partial charge on any atom is 0.261 e. The second-order valence-electron chi connectivity index (χ2n) is 4.43. The summed E-state index contributed by atoms with van der Waals surface area (Å²) in [4.78, 5) is 21.2. The van der Waals surface area contributed by atoms with E-state index >= 15 is 0 Å². The fourth-order valence-electron chi connectivity index (χ4n) is 2.00. The Balaban J connectivity index is 2.02. The molecule has 0 saturated carbocycles. The molecule has 0 fully saturated rings. The Kier molecular flexibility index (Phi) is 3.67. The van der Waals surface area contributed by atoms with Gasteiger partial charge in [-0.25, -0.2) is 9.97 Å². The molecule has 2 aromatic heterocycles. The molecule has 3 aromatic rings. The quantitative estimate of drug-likeness (QED) is 0.729. The molecule has 0 aliphatic carbocycles. The zero-order chi connectivity index (χ0) is 14.1. The van der Waals surface area contributed by atoms with Gasteiger partial charge in [-0.3, -0.25) is 9.36 Å². The van der Waals surface area contributed by atoms with Gasteiger partial charge in [-0.05, 0) is 24.6 Å². The molecule has 0 radical (unpaired) electrons. The number of hydrogen-bond donors (Lipinski definition) is 0. The van der Waals surface area contributed by atoms with Crippen molar-refractivity contribution < 1.29 is 0 Å². The minimum atomic E-state index is -0.0338. The van der Waals surface area contributed by atoms with Gasteiger partial charge in [0, 0.05) is 9.85 Å². The molecule has 2 heterocycles. The van der Waals surface area contributed by atoms with Crippen LogP contribution in [0.5, 0.6) is 0 Å². The van der Waals surface area contributed by atoms with Gasteiger partial charge in [-0.2, -0.15) is 0 Å². The molecule has 0 spiro atoms. The maximum absolute atomic E-state index is 12.4. The van der Waals surface area contributed by atoms with Crippen molar-refractivity contribution >= 4 is 38.2 Å². The molecule has 102 valence electrons. The first kappa shape index (κ1) is 13.5. The topological polar surface area (TPSA) is 47.8 Å². The molecule has 1 aromatic carbocycles. The molecule has 20 heavy (non-hydrogen) atoms. The molecule has 0 aliphatic rings. The fourth-order valence-corrected chi connectivity index (χ4v) is 3.09. The smallest absolute Gasteiger partial charge is 0.261 e. The highest BCUT2D eigenvalue weighted by Gasteiger charge is 2.07. The highest BCUT2D eigenvalue weighted by Crippen LogP contribution is 2.15. The van der Waals surface area contributed by atoms with Gasteiger partial charge in [0.25, 0.3) is 5.56 Å². The van der Waals surface area contributed by atoms with Crippen LogP contribution in [0.3, 0.4) is 0 Å². The molecule has 0 amide bonds. The number of nitrogens with zero attached hydrogens (tertiary/aromatic N) is 3. The molecule has 0 atom stereocenters. The van der Waals surface area contributed by atoms with E-state index in [0.717, 1.165) is 21.6 Å². The average molecular weight is 350 g/mol. The number of halogens is 1. The van der Waals surface area contributed by atoms with Crippen LogP contribution in [0, 0.1) is 0 Å². The fraction of sp³-hybridized carbons (Fsp3) is 0.214. The third kappa shape index (κ3) is 2.53. The van der Waals surface area contributed by atoms with Gasteiger partial charge < -0.3 is 0 Å². The molecule has 0 saturated heterocycles. The van der Waals surface area contributed by atoms with Crippen molar-refractivity contribution in [2.24, 2.45) is 0 Å². The molecule has 0 aliphatic heterocycles. The summed E-state index contributed by atoms with van der Waals surface area (Å²) < 4.78 is 2.52. The zero-order valence-electron chi connectivity index (χ0n) is 10.8. The van der Waals surface area contributed by atoms with Crippen LogP contribution in [0.1, 0.15) is 17.6 Å². The number of aromatic nitrogens is 3. The van der Waals surface area contributed by atoms with Crippen molar-refractivity contribution in [1.82, 2.24) is 14.5 Å². The predicted molar refractivity (Wildman–Crippen MR) is 84.3 cm³/mol. The van der Waals surface area contributed by atoms with Gasteiger partial charge in [0.15, 0.2) is 0 Å². The molecule has 0 bridgehead atoms. The molecule has 4 nitrogen and oxygen atoms in total. The highest BCUT2D eigenvalue weighted by molar-refractivity contribution is 9.10. The van der Waals surface area contributed by atoms with E-state index in [-0.39, 0.29) is 5.56 Å². The van der Waals surface area contributed by atoms with E-state index in [1.54, 1.807) is 28.3 Å². The first-order chi connectivity index (χ1) is 9.67. The van der Waals surface area contributed by atoms with Gasteiger partial charge in [0.1, 0.15) is 0 Å². The Morgan fingerprint density at radius 2 is 2.25 bits per heavy atom. The van der Waals surface area contributed by atoms with Gasteiger partial charge >= 0.3 is 0 Å². The van der Waals surface area contributed by atoms with E-state index in [1.807, 2.05) is 17.5 Å². The first-order valence-corrected chi connectivity index (χ1v) is 7.92. The number of aryl methyl sites for hydroxylation is 1. The van der Waals surface area contributed by atoms with Gasteiger partial charge in [0.05, 0.1) is 34.5 Å². The largest absolute Gasteiger partial charge is 0.293 e. The van der Waals surface area contributed by atoms with Crippen molar-refractivity contribution in [2.45, 2.75) is 19.9 Å². The Morgan fingerprint density at radius 1 is 1.40 bits per heavy atom. The van der Waals surface area contributed by atoms with E-state index in [0.29, 0.717) is 17.4 Å². The van der Waals surface area contributed by atoms with Crippen molar-refractivity contribution in [3.05, 3.63) is 55.4 Å². The summed E-state index contributed by atoms with van der Waals surface area (Å²) in [6, 6.07) is 5.50. The summed E-state index contributed by atoms with van der Waals surface area (Å²) in [6.45, 7) is 2.54. The second kappa shape index (κ2) is 5.46. The van der Waals surface area contributed by atoms with Crippen molar-refractivity contribution in [1.29, 1.82) is 0 Å². The van der Waals surface area contributed by atoms with Crippen molar-refractivity contribution in [3.8, 4) is 0 Å². The molecular weight excluding hydrogens is 338 g/mol. The van der Waals surface area contributed by atoms with Crippen LogP contribution in [0.25, 0.3) is 10.9 Å². The van der Waals surface area contributed by atoms with E-state index in [2.05, 4.69) is 32.8 Å². The first-order valence-electron chi connectivity index (χ1n) is 6.25. The van der Waals surface area contributed by atoms with Gasteiger partial charge in [-0.15, -0.1) is 11.3 Å². The van der Waals surface area contributed by atoms with E-state index in [9.17, 15) is 4.79 Å². The number of thiazole rings is 1. The minimum Gasteiger partial charge on any atom is -0.293 e. The Bertz CT molecular complexity index is 825. The van der Waals surface area contributed by atoms with Crippen LogP contribution in [-0.4, -0.2) is 14.5 Å². The van der Waals surface area contributed by atoms with Crippen LogP contribution >= 0.6 is 27.3 Å². The van der Waals surface area contributed by atoms with Crippen LogP contribution in [-0.2, 0) is 13.0 Å². The van der Waals surface area contributed by atoms with Gasteiger partial charge in [-0.1, -0.05) is 22.9 Å². The molecule has 3 rings (SSSR count). The monoisotopic (exact) mass is 349 g/mol. The highest BCUT2D eigenvalue weighted by atomic mass is 79.9. The Morgan fingerprint density at radius 3 is 3.00 bits per heavy atom. The second-order valence-corrected chi connectivity index (χ2v) is 6.28. The van der Waals surface area contributed by atoms with Crippen LogP contribution < -0.4 is 5.56 Å². The Labute approximate surface area is 128 Å². The standard InChI is InChI=1S/C14H12BrN3OS/c1-2-13-17-10(7-20-13)6-18-8-16-12-5-9(15)3-4-11(12)14(18)19/h3-5,7-8H,2,6H2,1H3. The molecular formula is C14H12BrN3OS. The van der Waals surface area contributed by atoms with Crippen LogP contribution in [0.4, 0.5) is 0 Å². The van der Waals surface area contributed by atoms with Crippen LogP contribution in [0.2, 0.25) is 0 Å². The van der Waals surface area contributed by atoms with E-state index in [4.69, 9.17) is 0 Å². The average Bonchev–Trinajstić information content (AvgIpc) is 2.89. The summed E-state index contributed by atoms with van der Waals surface area (Å²) in [6.07, 6.45) is 2.51. The Hall–Kier alpha value is -1.53. The lowest BCUT2D eigenvalue weighted by Gasteiger charge is -2.05. The normalized spacial score (nSPS) is 11.1. The number of rotatable bonds is 3. The lowest BCUT2D eigenvalue weighted by molar-refractivity contribution is 0.731. The number of hydrogen-bond acceptors (Lipinski definition) is 4. The number of fused-ring (bicyclic) bond motifs is 1. The lowest BCUT2D eigenvalue weighted by atomic mass is 10.2. The summed E-state index contributed by atoms with van der Waals surface area (Å²) in [5.41, 5.74) is 1.58. The lowest BCUT2D eigenvalue weighted by Crippen LogP contribution is -2.21. The third-order valence-corrected chi connectivity index (χ3v) is 4.56. The predicted octanol–water partition coefficient (Wildman–Crippen LogP) is 3.23. The summed E-state index contributed by atoms with van der Waals surface area (Å²) in [5, 5.41) is 3.71. The summed E-state index contributed by atoms with van der Waals surface area (Å²) in [7, 11) is 0. The van der Waals surface area contributed by atoms with Crippen molar-refractivity contribution in [3.63, 3.8) is 0 Å². The molecule has 0 N–H and O–H groups in total. The van der Waals surface area contributed by atoms with E-state index < -0.39 is 0 Å². The number of benzene rings is 1. The van der Waals surface area contributed by atoms with Crippen molar-refractivity contribution in [2.75, 3.05) is 0 Å². The minimum absolute atomic E-state index is 0.0338. The SMILES string of the molecule is CCc1nc(Cn2cnc3cc(Br)ccc3c2=O)cs1. The third-order valence-electron chi connectivity index (χ3n) is 3.02. The van der Waals surface area contributed by atoms with Gasteiger partial charge in [0.2, 0.25) is 0 Å². The zero-order valence-corrected chi connectivity index (χ0v) is 13.2. The maximum atomic E-state index is 12.4. The molecule has 6 heteroatoms. The summed E-state index contributed by atoms with van der Waals surface area (Å²) in [5.74, 6) is 0. The molecule has 0 unspecified atom stereocenters.